The van der Waals surface area contributed by atoms with Gasteiger partial charge in [0, 0.05) is 23.4 Å². The fourth-order valence-electron chi connectivity index (χ4n) is 7.93. The van der Waals surface area contributed by atoms with Gasteiger partial charge in [0.05, 0.1) is 19.5 Å². The van der Waals surface area contributed by atoms with Crippen LogP contribution in [0.4, 0.5) is 5.69 Å². The monoisotopic (exact) mass is 417 g/mol. The van der Waals surface area contributed by atoms with Crippen molar-refractivity contribution in [2.24, 2.45) is 23.2 Å². The van der Waals surface area contributed by atoms with Gasteiger partial charge in [0.1, 0.15) is 17.5 Å². The second kappa shape index (κ2) is 8.16. The number of benzene rings is 1. The molecule has 4 aliphatic carbocycles. The second-order valence-electron chi connectivity index (χ2n) is 10.6. The van der Waals surface area contributed by atoms with Crippen LogP contribution in [0.3, 0.4) is 0 Å². The van der Waals surface area contributed by atoms with Crippen LogP contribution in [0.15, 0.2) is 54.9 Å². The molecule has 1 aromatic carbocycles. The highest BCUT2D eigenvalue weighted by Gasteiger charge is 2.55. The molecule has 3 heteroatoms. The maximum atomic E-state index is 14.2. The number of Topliss-reactive ketones (excluding diaryl/α,β-unsaturated/α-hetero) is 1. The Kier molecular flexibility index (Phi) is 5.50. The minimum Gasteiger partial charge on any atom is -0.299 e. The summed E-state index contributed by atoms with van der Waals surface area (Å²) in [6.45, 7) is 6.48. The van der Waals surface area contributed by atoms with Crippen LogP contribution in [0.1, 0.15) is 70.4 Å². The van der Waals surface area contributed by atoms with Crippen molar-refractivity contribution in [1.82, 2.24) is 9.47 Å². The summed E-state index contributed by atoms with van der Waals surface area (Å²) in [6, 6.07) is 15.2. The quantitative estimate of drug-likeness (QED) is 0.469. The Hall–Kier alpha value is -2.00. The normalized spacial score (nSPS) is 30.3. The van der Waals surface area contributed by atoms with Gasteiger partial charge in [-0.3, -0.25) is 14.3 Å². The first kappa shape index (κ1) is 20.9. The summed E-state index contributed by atoms with van der Waals surface area (Å²) >= 11 is 0. The van der Waals surface area contributed by atoms with Crippen molar-refractivity contribution in [2.45, 2.75) is 64.8 Å². The molecule has 1 unspecified atom stereocenters. The van der Waals surface area contributed by atoms with E-state index in [-0.39, 0.29) is 11.5 Å². The van der Waals surface area contributed by atoms with E-state index in [0.717, 1.165) is 54.6 Å². The molecule has 164 valence electrons. The van der Waals surface area contributed by atoms with E-state index in [1.54, 1.807) is 0 Å². The number of carbonyl (C=O) groups excluding carboxylic acids is 1. The predicted molar refractivity (Wildman–Crippen MR) is 127 cm³/mol. The summed E-state index contributed by atoms with van der Waals surface area (Å²) < 4.78 is 0.810. The number of ketones is 1. The molecule has 3 nitrogen and oxygen atoms in total. The topological polar surface area (TPSA) is 30.0 Å². The van der Waals surface area contributed by atoms with Crippen LogP contribution < -0.4 is 4.48 Å². The lowest BCUT2D eigenvalue weighted by atomic mass is 9.48. The number of pyridine rings is 1. The number of hydrogen-bond acceptors (Lipinski definition) is 2. The summed E-state index contributed by atoms with van der Waals surface area (Å²) in [7, 11) is 0. The van der Waals surface area contributed by atoms with Crippen LogP contribution in [0.25, 0.3) is 0 Å². The third kappa shape index (κ3) is 3.55. The minimum absolute atomic E-state index is 0.0387. The molecule has 4 fully saturated rings. The van der Waals surface area contributed by atoms with Gasteiger partial charge in [0.25, 0.3) is 0 Å². The van der Waals surface area contributed by atoms with Gasteiger partial charge in [-0.05, 0) is 94.4 Å². The molecule has 0 amide bonds. The van der Waals surface area contributed by atoms with E-state index in [0.29, 0.717) is 12.2 Å². The number of quaternary nitrogens is 1. The van der Waals surface area contributed by atoms with Crippen molar-refractivity contribution in [1.29, 1.82) is 0 Å². The van der Waals surface area contributed by atoms with Crippen LogP contribution in [0.2, 0.25) is 0 Å². The summed E-state index contributed by atoms with van der Waals surface area (Å²) in [4.78, 5) is 18.6. The molecule has 1 atom stereocenters. The molecule has 0 N–H and O–H groups in total. The van der Waals surface area contributed by atoms with E-state index >= 15 is 0 Å². The first-order chi connectivity index (χ1) is 15.1. The molecule has 4 saturated carbocycles. The first-order valence-corrected chi connectivity index (χ1v) is 12.4. The Bertz CT molecular complexity index is 868. The van der Waals surface area contributed by atoms with Crippen LogP contribution >= 0.6 is 0 Å². The molecule has 4 aliphatic rings. The van der Waals surface area contributed by atoms with Gasteiger partial charge >= 0.3 is 0 Å². The Morgan fingerprint density at radius 3 is 2.10 bits per heavy atom. The molecule has 6 rings (SSSR count). The van der Waals surface area contributed by atoms with Crippen molar-refractivity contribution in [2.75, 3.05) is 13.1 Å². The lowest BCUT2D eigenvalue weighted by molar-refractivity contribution is -0.145. The molecule has 2 aromatic rings. The molecule has 1 heterocycles. The fourth-order valence-corrected chi connectivity index (χ4v) is 7.93. The Balaban J connectivity index is 1.52. The van der Waals surface area contributed by atoms with Crippen LogP contribution in [0.5, 0.6) is 0 Å². The number of aromatic nitrogens is 1. The van der Waals surface area contributed by atoms with Crippen molar-refractivity contribution < 1.29 is 4.79 Å². The van der Waals surface area contributed by atoms with Crippen molar-refractivity contribution in [3.05, 3.63) is 60.4 Å². The molecule has 0 saturated heterocycles. The fraction of sp³-hybridized carbons (Fsp3) is 0.571. The second-order valence-corrected chi connectivity index (χ2v) is 10.6. The Labute approximate surface area is 187 Å². The van der Waals surface area contributed by atoms with Gasteiger partial charge in [-0.2, -0.15) is 0 Å². The molecule has 31 heavy (non-hydrogen) atoms. The Morgan fingerprint density at radius 2 is 1.58 bits per heavy atom. The highest BCUT2D eigenvalue weighted by molar-refractivity contribution is 5.86. The van der Waals surface area contributed by atoms with Gasteiger partial charge in [-0.25, -0.2) is 0 Å². The van der Waals surface area contributed by atoms with Crippen molar-refractivity contribution >= 4 is 11.5 Å². The van der Waals surface area contributed by atoms with Crippen LogP contribution in [0, 0.1) is 23.2 Å². The van der Waals surface area contributed by atoms with E-state index < -0.39 is 0 Å². The highest BCUT2D eigenvalue weighted by Crippen LogP contribution is 2.61. The molecule has 0 aliphatic heterocycles. The summed E-state index contributed by atoms with van der Waals surface area (Å²) in [6.07, 6.45) is 12.1. The highest BCUT2D eigenvalue weighted by atomic mass is 16.1. The maximum absolute atomic E-state index is 14.2. The zero-order valence-electron chi connectivity index (χ0n) is 19.2. The van der Waals surface area contributed by atoms with E-state index in [1.807, 2.05) is 18.5 Å². The molecule has 1 aromatic heterocycles. The lowest BCUT2D eigenvalue weighted by Crippen LogP contribution is -2.55. The minimum atomic E-state index is -0.0387. The largest absolute Gasteiger partial charge is 0.299 e. The van der Waals surface area contributed by atoms with Crippen LogP contribution in [-0.2, 0) is 4.79 Å². The van der Waals surface area contributed by atoms with E-state index in [4.69, 9.17) is 0 Å². The third-order valence-electron chi connectivity index (χ3n) is 9.07. The molecule has 0 spiro atoms. The Morgan fingerprint density at radius 1 is 0.968 bits per heavy atom. The lowest BCUT2D eigenvalue weighted by Gasteiger charge is -2.56. The summed E-state index contributed by atoms with van der Waals surface area (Å²) in [5, 5.41) is 0. The molecule has 4 bridgehead atoms. The van der Waals surface area contributed by atoms with Gasteiger partial charge in [-0.15, -0.1) is 0 Å². The first-order valence-electron chi connectivity index (χ1n) is 12.4. The van der Waals surface area contributed by atoms with Gasteiger partial charge < -0.3 is 0 Å². The SMILES string of the molecule is CC[N+](CC)(c1ccccc1)C(CC(=O)C12CC3CC(CC(C3)C1)C2)c1cccnc1. The average molecular weight is 418 g/mol. The maximum Gasteiger partial charge on any atom is 0.145 e. The van der Waals surface area contributed by atoms with Crippen molar-refractivity contribution in [3.63, 3.8) is 0 Å². The van der Waals surface area contributed by atoms with Crippen LogP contribution in [-0.4, -0.2) is 23.9 Å². The summed E-state index contributed by atoms with van der Waals surface area (Å²) in [5.41, 5.74) is 2.47. The van der Waals surface area contributed by atoms with E-state index in [2.05, 4.69) is 55.2 Å². The van der Waals surface area contributed by atoms with Gasteiger partial charge in [0.2, 0.25) is 0 Å². The van der Waals surface area contributed by atoms with Gasteiger partial charge in [0.15, 0.2) is 0 Å². The number of para-hydroxylation sites is 1. The molecule has 0 radical (unpaired) electrons. The number of carbonyl (C=O) groups is 1. The molecular weight excluding hydrogens is 380 g/mol. The van der Waals surface area contributed by atoms with Gasteiger partial charge in [-0.1, -0.05) is 18.2 Å². The average Bonchev–Trinajstić information content (AvgIpc) is 2.80. The number of rotatable bonds is 8. The van der Waals surface area contributed by atoms with Crippen molar-refractivity contribution in [3.8, 4) is 0 Å². The van der Waals surface area contributed by atoms with E-state index in [9.17, 15) is 4.79 Å². The summed E-state index contributed by atoms with van der Waals surface area (Å²) in [5.74, 6) is 2.95. The number of nitrogens with zero attached hydrogens (tertiary/aromatic N) is 2. The zero-order valence-corrected chi connectivity index (χ0v) is 19.2. The number of hydrogen-bond donors (Lipinski definition) is 0. The standard InChI is InChI=1S/C28H37N2O/c1-3-30(4-2,25-10-6-5-7-11-25)26(24-9-8-12-29-20-24)16-27(31)28-17-21-13-22(18-28)15-23(14-21)19-28/h5-12,20-23,26H,3-4,13-19H2,1-2H3/q+1. The molecular formula is C28H37N2O+. The van der Waals surface area contributed by atoms with E-state index in [1.165, 1.54) is 30.5 Å². The zero-order chi connectivity index (χ0) is 21.5. The predicted octanol–water partition coefficient (Wildman–Crippen LogP) is 6.35. The smallest absolute Gasteiger partial charge is 0.145 e. The third-order valence-corrected chi connectivity index (χ3v) is 9.07.